The molecule has 0 fully saturated rings. The first-order chi connectivity index (χ1) is 11.6. The van der Waals surface area contributed by atoms with E-state index in [-0.39, 0.29) is 11.9 Å². The molecule has 7 heteroatoms. The van der Waals surface area contributed by atoms with Gasteiger partial charge in [0.15, 0.2) is 0 Å². The summed E-state index contributed by atoms with van der Waals surface area (Å²) in [6, 6.07) is 3.13. The maximum atomic E-state index is 12.5. The molecule has 126 valence electrons. The van der Waals surface area contributed by atoms with Crippen LogP contribution in [0.25, 0.3) is 0 Å². The molecule has 6 nitrogen and oxygen atoms in total. The smallest absolute Gasteiger partial charge is 0.242 e. The second-order valence-electron chi connectivity index (χ2n) is 5.86. The normalized spacial score (nSPS) is 15.6. The lowest BCUT2D eigenvalue weighted by Crippen LogP contribution is -2.45. The molecule has 1 N–H and O–H groups in total. The standard InChI is InChI=1S/C17H20ClN5O/c1-3-15-19-8-12-6-7-23(10-14(12)21-15)11(2)17(24)22-16-5-4-13(18)9-20-16/h4-5,8-9,11H,3,6-7,10H2,1-2H3,(H,20,22,24)/t11-/m0/s1. The van der Waals surface area contributed by atoms with E-state index in [1.165, 1.54) is 11.8 Å². The zero-order valence-electron chi connectivity index (χ0n) is 13.8. The Labute approximate surface area is 146 Å². The maximum absolute atomic E-state index is 12.5. The number of halogens is 1. The number of amides is 1. The summed E-state index contributed by atoms with van der Waals surface area (Å²) in [4.78, 5) is 27.7. The van der Waals surface area contributed by atoms with Gasteiger partial charge in [-0.25, -0.2) is 15.0 Å². The van der Waals surface area contributed by atoms with Gasteiger partial charge in [0, 0.05) is 31.9 Å². The predicted molar refractivity (Wildman–Crippen MR) is 92.9 cm³/mol. The molecule has 1 amide bonds. The van der Waals surface area contributed by atoms with E-state index in [0.29, 0.717) is 17.4 Å². The van der Waals surface area contributed by atoms with E-state index >= 15 is 0 Å². The molecule has 0 unspecified atom stereocenters. The Balaban J connectivity index is 1.67. The lowest BCUT2D eigenvalue weighted by molar-refractivity contribution is -0.121. The van der Waals surface area contributed by atoms with Crippen LogP contribution in [0.3, 0.4) is 0 Å². The van der Waals surface area contributed by atoms with E-state index in [1.54, 1.807) is 12.1 Å². The molecule has 1 aliphatic heterocycles. The summed E-state index contributed by atoms with van der Waals surface area (Å²) in [6.45, 7) is 5.41. The topological polar surface area (TPSA) is 71.0 Å². The van der Waals surface area contributed by atoms with Crippen molar-refractivity contribution in [3.63, 3.8) is 0 Å². The molecule has 0 bridgehead atoms. The molecule has 0 saturated heterocycles. The van der Waals surface area contributed by atoms with Gasteiger partial charge < -0.3 is 5.32 Å². The fourth-order valence-corrected chi connectivity index (χ4v) is 2.82. The second-order valence-corrected chi connectivity index (χ2v) is 6.30. The van der Waals surface area contributed by atoms with Crippen molar-refractivity contribution in [2.45, 2.75) is 39.3 Å². The number of pyridine rings is 1. The highest BCUT2D eigenvalue weighted by Gasteiger charge is 2.26. The van der Waals surface area contributed by atoms with Crippen molar-refractivity contribution in [3.8, 4) is 0 Å². The Morgan fingerprint density at radius 1 is 1.38 bits per heavy atom. The highest BCUT2D eigenvalue weighted by molar-refractivity contribution is 6.30. The van der Waals surface area contributed by atoms with Gasteiger partial charge in [-0.3, -0.25) is 9.69 Å². The number of carbonyl (C=O) groups is 1. The monoisotopic (exact) mass is 345 g/mol. The molecule has 24 heavy (non-hydrogen) atoms. The van der Waals surface area contributed by atoms with Gasteiger partial charge in [-0.15, -0.1) is 0 Å². The van der Waals surface area contributed by atoms with Crippen LogP contribution in [-0.2, 0) is 24.2 Å². The molecule has 3 rings (SSSR count). The summed E-state index contributed by atoms with van der Waals surface area (Å²) in [5.74, 6) is 1.26. The fourth-order valence-electron chi connectivity index (χ4n) is 2.71. The van der Waals surface area contributed by atoms with E-state index < -0.39 is 0 Å². The van der Waals surface area contributed by atoms with Crippen molar-refractivity contribution >= 4 is 23.3 Å². The first-order valence-electron chi connectivity index (χ1n) is 8.07. The average Bonchev–Trinajstić information content (AvgIpc) is 2.62. The number of nitrogens with one attached hydrogen (secondary N) is 1. The van der Waals surface area contributed by atoms with E-state index in [4.69, 9.17) is 11.6 Å². The lowest BCUT2D eigenvalue weighted by atomic mass is 10.0. The van der Waals surface area contributed by atoms with Crippen LogP contribution in [0.2, 0.25) is 5.02 Å². The minimum atomic E-state index is -0.268. The average molecular weight is 346 g/mol. The molecule has 1 atom stereocenters. The van der Waals surface area contributed by atoms with Gasteiger partial charge in [-0.05, 0) is 31.0 Å². The van der Waals surface area contributed by atoms with E-state index in [1.807, 2.05) is 20.0 Å². The largest absolute Gasteiger partial charge is 0.309 e. The van der Waals surface area contributed by atoms with Gasteiger partial charge in [0.05, 0.1) is 16.8 Å². The summed E-state index contributed by atoms with van der Waals surface area (Å²) < 4.78 is 0. The van der Waals surface area contributed by atoms with Crippen molar-refractivity contribution < 1.29 is 4.79 Å². The van der Waals surface area contributed by atoms with Gasteiger partial charge in [0.25, 0.3) is 0 Å². The number of carbonyl (C=O) groups excluding carboxylic acids is 1. The summed E-state index contributed by atoms with van der Waals surface area (Å²) >= 11 is 5.81. The van der Waals surface area contributed by atoms with Gasteiger partial charge in [0.2, 0.25) is 5.91 Å². The molecule has 3 heterocycles. The van der Waals surface area contributed by atoms with Crippen LogP contribution in [0.4, 0.5) is 5.82 Å². The number of fused-ring (bicyclic) bond motifs is 1. The fraction of sp³-hybridized carbons (Fsp3) is 0.412. The van der Waals surface area contributed by atoms with E-state index in [0.717, 1.165) is 30.9 Å². The SMILES string of the molecule is CCc1ncc2c(n1)CN([C@@H](C)C(=O)Nc1ccc(Cl)cn1)CC2. The number of anilines is 1. The molecule has 0 aliphatic carbocycles. The van der Waals surface area contributed by atoms with Gasteiger partial charge in [-0.2, -0.15) is 0 Å². The zero-order chi connectivity index (χ0) is 17.1. The number of aryl methyl sites for hydroxylation is 1. The Morgan fingerprint density at radius 2 is 2.21 bits per heavy atom. The quantitative estimate of drug-likeness (QED) is 0.921. The van der Waals surface area contributed by atoms with Crippen molar-refractivity contribution in [1.82, 2.24) is 19.9 Å². The van der Waals surface area contributed by atoms with Crippen molar-refractivity contribution in [2.24, 2.45) is 0 Å². The summed E-state index contributed by atoms with van der Waals surface area (Å²) in [6.07, 6.45) is 5.10. The summed E-state index contributed by atoms with van der Waals surface area (Å²) in [5.41, 5.74) is 2.20. The first-order valence-corrected chi connectivity index (χ1v) is 8.44. The number of aromatic nitrogens is 3. The maximum Gasteiger partial charge on any atom is 0.242 e. The molecule has 0 spiro atoms. The number of rotatable bonds is 4. The van der Waals surface area contributed by atoms with Crippen LogP contribution in [0.15, 0.2) is 24.5 Å². The molecular formula is C17H20ClN5O. The van der Waals surface area contributed by atoms with Crippen molar-refractivity contribution in [2.75, 3.05) is 11.9 Å². The second kappa shape index (κ2) is 7.23. The molecule has 0 aromatic carbocycles. The molecule has 1 aliphatic rings. The zero-order valence-corrected chi connectivity index (χ0v) is 14.5. The van der Waals surface area contributed by atoms with E-state index in [2.05, 4.69) is 25.2 Å². The van der Waals surface area contributed by atoms with Crippen LogP contribution in [0.1, 0.15) is 30.9 Å². The molecule has 2 aromatic heterocycles. The Hall–Kier alpha value is -2.05. The van der Waals surface area contributed by atoms with Crippen molar-refractivity contribution in [3.05, 3.63) is 46.6 Å². The Bertz CT molecular complexity index is 734. The van der Waals surface area contributed by atoms with Crippen molar-refractivity contribution in [1.29, 1.82) is 0 Å². The first kappa shape index (κ1) is 16.8. The number of nitrogens with zero attached hydrogens (tertiary/aromatic N) is 4. The lowest BCUT2D eigenvalue weighted by Gasteiger charge is -2.32. The van der Waals surface area contributed by atoms with Gasteiger partial charge >= 0.3 is 0 Å². The van der Waals surface area contributed by atoms with Crippen LogP contribution < -0.4 is 5.32 Å². The highest BCUT2D eigenvalue weighted by atomic mass is 35.5. The van der Waals surface area contributed by atoms with Crippen LogP contribution in [-0.4, -0.2) is 38.3 Å². The molecule has 2 aromatic rings. The third-order valence-corrected chi connectivity index (χ3v) is 4.47. The highest BCUT2D eigenvalue weighted by Crippen LogP contribution is 2.19. The minimum absolute atomic E-state index is 0.0851. The predicted octanol–water partition coefficient (Wildman–Crippen LogP) is 2.47. The minimum Gasteiger partial charge on any atom is -0.309 e. The van der Waals surface area contributed by atoms with E-state index in [9.17, 15) is 4.79 Å². The number of hydrogen-bond acceptors (Lipinski definition) is 5. The Kier molecular flexibility index (Phi) is 5.06. The molecule has 0 saturated carbocycles. The Morgan fingerprint density at radius 3 is 2.92 bits per heavy atom. The third-order valence-electron chi connectivity index (χ3n) is 4.25. The molecule has 0 radical (unpaired) electrons. The van der Waals surface area contributed by atoms with Crippen LogP contribution in [0.5, 0.6) is 0 Å². The van der Waals surface area contributed by atoms with Gasteiger partial charge in [0.1, 0.15) is 11.6 Å². The third kappa shape index (κ3) is 3.71. The van der Waals surface area contributed by atoms with Crippen LogP contribution in [0, 0.1) is 0 Å². The molecular weight excluding hydrogens is 326 g/mol. The summed E-state index contributed by atoms with van der Waals surface area (Å²) in [5, 5.41) is 3.37. The van der Waals surface area contributed by atoms with Gasteiger partial charge in [-0.1, -0.05) is 18.5 Å². The van der Waals surface area contributed by atoms with Crippen LogP contribution >= 0.6 is 11.6 Å². The summed E-state index contributed by atoms with van der Waals surface area (Å²) in [7, 11) is 0. The number of hydrogen-bond donors (Lipinski definition) is 1.